The molecule has 136 valence electrons. The molecule has 0 bridgehead atoms. The van der Waals surface area contributed by atoms with E-state index < -0.39 is 23.1 Å². The summed E-state index contributed by atoms with van der Waals surface area (Å²) in [7, 11) is 0. The Morgan fingerprint density at radius 2 is 1.96 bits per heavy atom. The predicted octanol–water partition coefficient (Wildman–Crippen LogP) is 3.55. The molecule has 0 spiro atoms. The molecule has 8 heteroatoms. The number of aliphatic hydroxyl groups is 1. The van der Waals surface area contributed by atoms with Gasteiger partial charge in [0.25, 0.3) is 11.8 Å². The van der Waals surface area contributed by atoms with E-state index in [0.717, 1.165) is 18.4 Å². The van der Waals surface area contributed by atoms with E-state index in [1.807, 2.05) is 0 Å². The van der Waals surface area contributed by atoms with Crippen molar-refractivity contribution in [2.24, 2.45) is 0 Å². The van der Waals surface area contributed by atoms with Crippen molar-refractivity contribution in [2.45, 2.75) is 32.3 Å². The number of alkyl halides is 2. The quantitative estimate of drug-likeness (QED) is 0.664. The van der Waals surface area contributed by atoms with Crippen LogP contribution < -0.4 is 5.32 Å². The first-order valence-electron chi connectivity index (χ1n) is 7.92. The first-order chi connectivity index (χ1) is 12.1. The lowest BCUT2D eigenvalue weighted by atomic mass is 9.95. The van der Waals surface area contributed by atoms with E-state index in [0.29, 0.717) is 16.8 Å². The van der Waals surface area contributed by atoms with E-state index >= 15 is 0 Å². The Morgan fingerprint density at radius 1 is 1.23 bits per heavy atom. The number of pyridine rings is 1. The van der Waals surface area contributed by atoms with Gasteiger partial charge in [0.2, 0.25) is 0 Å². The number of rotatable bonds is 4. The first kappa shape index (κ1) is 17.9. The summed E-state index contributed by atoms with van der Waals surface area (Å²) in [6.07, 6.45) is 1.58. The van der Waals surface area contributed by atoms with Crippen molar-refractivity contribution >= 4 is 22.5 Å². The third-order valence-electron chi connectivity index (χ3n) is 3.92. The Morgan fingerprint density at radius 3 is 2.62 bits per heavy atom. The molecule has 0 radical (unpaired) electrons. The number of halogens is 2. The maximum Gasteiger partial charge on any atom is 0.287 e. The van der Waals surface area contributed by atoms with E-state index in [1.165, 1.54) is 12.1 Å². The second-order valence-corrected chi connectivity index (χ2v) is 6.66. The molecule has 0 unspecified atom stereocenters. The van der Waals surface area contributed by atoms with Crippen LogP contribution >= 0.6 is 0 Å². The van der Waals surface area contributed by atoms with Gasteiger partial charge in [-0.1, -0.05) is 6.07 Å². The minimum Gasteiger partial charge on any atom is -0.386 e. The molecule has 3 N–H and O–H groups in total. The number of fused-ring (bicyclic) bond motifs is 1. The molecule has 3 aromatic rings. The SMILES string of the molecule is CC(C)(O)c1cc2[nH]ncc2cc1NC(=O)c1cccc(C(C)(F)F)n1. The summed E-state index contributed by atoms with van der Waals surface area (Å²) in [6.45, 7) is 3.88. The van der Waals surface area contributed by atoms with Gasteiger partial charge in [-0.2, -0.15) is 13.9 Å². The Labute approximate surface area is 148 Å². The number of aromatic nitrogens is 3. The highest BCUT2D eigenvalue weighted by Crippen LogP contribution is 2.32. The molecule has 26 heavy (non-hydrogen) atoms. The van der Waals surface area contributed by atoms with E-state index in [9.17, 15) is 18.7 Å². The predicted molar refractivity (Wildman–Crippen MR) is 93.1 cm³/mol. The number of amides is 1. The lowest BCUT2D eigenvalue weighted by molar-refractivity contribution is 0.0126. The summed E-state index contributed by atoms with van der Waals surface area (Å²) >= 11 is 0. The van der Waals surface area contributed by atoms with Gasteiger partial charge in [-0.15, -0.1) is 0 Å². The van der Waals surface area contributed by atoms with Crippen molar-refractivity contribution in [1.82, 2.24) is 15.2 Å². The maximum absolute atomic E-state index is 13.4. The van der Waals surface area contributed by atoms with Gasteiger partial charge in [0, 0.05) is 23.6 Å². The van der Waals surface area contributed by atoms with Crippen molar-refractivity contribution in [2.75, 3.05) is 5.32 Å². The highest BCUT2D eigenvalue weighted by molar-refractivity contribution is 6.04. The average molecular weight is 360 g/mol. The molecule has 3 rings (SSSR count). The number of carbonyl (C=O) groups excluding carboxylic acids is 1. The van der Waals surface area contributed by atoms with Crippen LogP contribution in [-0.2, 0) is 11.5 Å². The van der Waals surface area contributed by atoms with Gasteiger partial charge in [0.15, 0.2) is 0 Å². The van der Waals surface area contributed by atoms with Crippen LogP contribution in [0.2, 0.25) is 0 Å². The van der Waals surface area contributed by atoms with Crippen LogP contribution in [0.25, 0.3) is 10.9 Å². The molecule has 0 aliphatic heterocycles. The zero-order valence-corrected chi connectivity index (χ0v) is 14.5. The Hall–Kier alpha value is -2.87. The molecule has 6 nitrogen and oxygen atoms in total. The van der Waals surface area contributed by atoms with E-state index in [1.54, 1.807) is 32.2 Å². The van der Waals surface area contributed by atoms with Crippen molar-refractivity contribution in [3.8, 4) is 0 Å². The van der Waals surface area contributed by atoms with Crippen molar-refractivity contribution in [1.29, 1.82) is 0 Å². The highest BCUT2D eigenvalue weighted by Gasteiger charge is 2.27. The number of nitrogens with one attached hydrogen (secondary N) is 2. The fraction of sp³-hybridized carbons (Fsp3) is 0.278. The van der Waals surface area contributed by atoms with Crippen LogP contribution in [-0.4, -0.2) is 26.2 Å². The molecule has 0 atom stereocenters. The van der Waals surface area contributed by atoms with Gasteiger partial charge < -0.3 is 10.4 Å². The lowest BCUT2D eigenvalue weighted by Gasteiger charge is -2.22. The highest BCUT2D eigenvalue weighted by atomic mass is 19.3. The van der Waals surface area contributed by atoms with Gasteiger partial charge in [-0.05, 0) is 38.1 Å². The van der Waals surface area contributed by atoms with Crippen molar-refractivity contribution in [3.63, 3.8) is 0 Å². The third-order valence-corrected chi connectivity index (χ3v) is 3.92. The second kappa shape index (κ2) is 6.14. The lowest BCUT2D eigenvalue weighted by Crippen LogP contribution is -2.22. The molecular weight excluding hydrogens is 342 g/mol. The third kappa shape index (κ3) is 3.55. The molecule has 0 saturated carbocycles. The van der Waals surface area contributed by atoms with Gasteiger partial charge in [0.05, 0.1) is 17.3 Å². The number of hydrogen-bond donors (Lipinski definition) is 3. The fourth-order valence-corrected chi connectivity index (χ4v) is 2.59. The number of carbonyl (C=O) groups is 1. The number of nitrogens with zero attached hydrogens (tertiary/aromatic N) is 2. The monoisotopic (exact) mass is 360 g/mol. The zero-order valence-electron chi connectivity index (χ0n) is 14.5. The fourth-order valence-electron chi connectivity index (χ4n) is 2.59. The molecule has 0 aliphatic rings. The van der Waals surface area contributed by atoms with Crippen molar-refractivity contribution < 1.29 is 18.7 Å². The smallest absolute Gasteiger partial charge is 0.287 e. The molecule has 0 saturated heterocycles. The van der Waals surface area contributed by atoms with Crippen LogP contribution in [0.5, 0.6) is 0 Å². The van der Waals surface area contributed by atoms with Crippen molar-refractivity contribution in [3.05, 3.63) is 53.5 Å². The van der Waals surface area contributed by atoms with Crippen LogP contribution in [0, 0.1) is 0 Å². The average Bonchev–Trinajstić information content (AvgIpc) is 3.00. The molecule has 2 aromatic heterocycles. The minimum absolute atomic E-state index is 0.141. The minimum atomic E-state index is -3.15. The van der Waals surface area contributed by atoms with Crippen LogP contribution in [0.1, 0.15) is 42.5 Å². The number of H-pyrrole nitrogens is 1. The van der Waals surface area contributed by atoms with Crippen LogP contribution in [0.4, 0.5) is 14.5 Å². The topological polar surface area (TPSA) is 90.9 Å². The summed E-state index contributed by atoms with van der Waals surface area (Å²) in [5, 5.41) is 20.5. The number of anilines is 1. The summed E-state index contributed by atoms with van der Waals surface area (Å²) in [6, 6.07) is 7.20. The molecule has 1 aromatic carbocycles. The zero-order chi connectivity index (χ0) is 19.1. The normalized spacial score (nSPS) is 12.4. The number of aromatic amines is 1. The largest absolute Gasteiger partial charge is 0.386 e. The molecule has 0 aliphatic carbocycles. The van der Waals surface area contributed by atoms with Crippen LogP contribution in [0.15, 0.2) is 36.5 Å². The molecule has 1 amide bonds. The Bertz CT molecular complexity index is 971. The molecule has 0 fully saturated rings. The summed E-state index contributed by atoms with van der Waals surface area (Å²) < 4.78 is 26.9. The van der Waals surface area contributed by atoms with Gasteiger partial charge in [-0.3, -0.25) is 9.89 Å². The van der Waals surface area contributed by atoms with Gasteiger partial charge >= 0.3 is 0 Å². The van der Waals surface area contributed by atoms with Crippen LogP contribution in [0.3, 0.4) is 0 Å². The Balaban J connectivity index is 1.99. The maximum atomic E-state index is 13.4. The number of hydrogen-bond acceptors (Lipinski definition) is 4. The standard InChI is InChI=1S/C18H18F2N4O2/c1-17(2,26)11-8-13-10(9-21-24-13)7-14(11)23-16(25)12-5-4-6-15(22-12)18(3,19)20/h4-9,26H,1-3H3,(H,21,24)(H,23,25). The molecule has 2 heterocycles. The summed E-state index contributed by atoms with van der Waals surface area (Å²) in [5.41, 5.74) is -0.360. The summed E-state index contributed by atoms with van der Waals surface area (Å²) in [4.78, 5) is 16.3. The second-order valence-electron chi connectivity index (χ2n) is 6.66. The summed E-state index contributed by atoms with van der Waals surface area (Å²) in [5.74, 6) is -3.80. The first-order valence-corrected chi connectivity index (χ1v) is 7.92. The van der Waals surface area contributed by atoms with E-state index in [-0.39, 0.29) is 5.69 Å². The number of benzene rings is 1. The molecular formula is C18H18F2N4O2. The van der Waals surface area contributed by atoms with E-state index in [4.69, 9.17) is 0 Å². The van der Waals surface area contributed by atoms with E-state index in [2.05, 4.69) is 20.5 Å². The Kier molecular flexibility index (Phi) is 4.23. The van der Waals surface area contributed by atoms with Gasteiger partial charge in [-0.25, -0.2) is 4.98 Å². The van der Waals surface area contributed by atoms with Gasteiger partial charge in [0.1, 0.15) is 11.4 Å².